The SMILES string of the molecule is CCCC1=C2[C@@H](CC/C(=C/c3cc(C)c(O)c(C)c3)CC)OC[C@@H]2[C@@H]2C(=O)N(c3cc(C(F)(F)F)cc(C(F)(F)F)c3)C(=O)[C@@H]2C1. The fraction of sp³-hybridized carbons (Fsp3) is 0.486. The molecule has 5 nitrogen and oxygen atoms in total. The molecule has 4 atom stereocenters. The van der Waals surface area contributed by atoms with E-state index >= 15 is 0 Å². The third-order valence-electron chi connectivity index (χ3n) is 9.46. The number of allylic oxidation sites excluding steroid dienone is 2. The number of aromatic hydroxyl groups is 1. The molecule has 2 amide bonds. The first-order valence-electron chi connectivity index (χ1n) is 15.5. The van der Waals surface area contributed by atoms with Gasteiger partial charge < -0.3 is 9.84 Å². The molecule has 0 bridgehead atoms. The van der Waals surface area contributed by atoms with Crippen LogP contribution in [-0.4, -0.2) is 29.6 Å². The Hall–Kier alpha value is -3.60. The van der Waals surface area contributed by atoms with Gasteiger partial charge in [0, 0.05) is 5.92 Å². The van der Waals surface area contributed by atoms with Crippen molar-refractivity contribution in [2.75, 3.05) is 11.5 Å². The lowest BCUT2D eigenvalue weighted by Crippen LogP contribution is -2.34. The van der Waals surface area contributed by atoms with Gasteiger partial charge in [0.15, 0.2) is 0 Å². The minimum atomic E-state index is -5.12. The number of amides is 2. The van der Waals surface area contributed by atoms with Crippen LogP contribution in [0.5, 0.6) is 5.75 Å². The maximum Gasteiger partial charge on any atom is 0.416 e. The van der Waals surface area contributed by atoms with Crippen molar-refractivity contribution in [1.82, 2.24) is 0 Å². The van der Waals surface area contributed by atoms with Gasteiger partial charge in [0.05, 0.1) is 41.4 Å². The maximum absolute atomic E-state index is 13.8. The third kappa shape index (κ3) is 6.35. The summed E-state index contributed by atoms with van der Waals surface area (Å²) in [5.74, 6) is -3.62. The van der Waals surface area contributed by atoms with Crippen molar-refractivity contribution in [2.24, 2.45) is 17.8 Å². The molecule has 248 valence electrons. The fourth-order valence-corrected chi connectivity index (χ4v) is 7.31. The van der Waals surface area contributed by atoms with Gasteiger partial charge in [0.1, 0.15) is 5.75 Å². The minimum absolute atomic E-state index is 0.0149. The van der Waals surface area contributed by atoms with Crippen LogP contribution in [0.25, 0.3) is 6.08 Å². The number of hydrogen-bond acceptors (Lipinski definition) is 4. The summed E-state index contributed by atoms with van der Waals surface area (Å²) in [5.41, 5.74) is 1.71. The van der Waals surface area contributed by atoms with Gasteiger partial charge in [0.2, 0.25) is 11.8 Å². The summed E-state index contributed by atoms with van der Waals surface area (Å²) in [6.45, 7) is 7.85. The number of nitrogens with zero attached hydrogens (tertiary/aromatic N) is 1. The van der Waals surface area contributed by atoms with E-state index in [0.717, 1.165) is 46.3 Å². The van der Waals surface area contributed by atoms with Crippen LogP contribution in [0, 0.1) is 31.6 Å². The molecule has 1 N–H and O–H groups in total. The first kappa shape index (κ1) is 33.8. The fourth-order valence-electron chi connectivity index (χ4n) is 7.31. The molecular weight excluding hydrogens is 612 g/mol. The summed E-state index contributed by atoms with van der Waals surface area (Å²) in [4.78, 5) is 28.0. The minimum Gasteiger partial charge on any atom is -0.507 e. The summed E-state index contributed by atoms with van der Waals surface area (Å²) in [7, 11) is 0. The van der Waals surface area contributed by atoms with Crippen LogP contribution < -0.4 is 4.90 Å². The van der Waals surface area contributed by atoms with E-state index < -0.39 is 58.7 Å². The zero-order valence-corrected chi connectivity index (χ0v) is 26.1. The Balaban J connectivity index is 1.43. The van der Waals surface area contributed by atoms with Crippen LogP contribution in [0.1, 0.15) is 80.2 Å². The Morgan fingerprint density at radius 3 is 2.09 bits per heavy atom. The van der Waals surface area contributed by atoms with E-state index in [-0.39, 0.29) is 30.9 Å². The highest BCUT2D eigenvalue weighted by Gasteiger charge is 2.57. The van der Waals surface area contributed by atoms with E-state index in [2.05, 4.69) is 6.08 Å². The molecule has 46 heavy (non-hydrogen) atoms. The topological polar surface area (TPSA) is 66.8 Å². The van der Waals surface area contributed by atoms with Gasteiger partial charge in [0.25, 0.3) is 0 Å². The predicted octanol–water partition coefficient (Wildman–Crippen LogP) is 8.94. The number of aryl methyl sites for hydroxylation is 2. The summed E-state index contributed by atoms with van der Waals surface area (Å²) in [6.07, 6.45) is -4.79. The van der Waals surface area contributed by atoms with Crippen molar-refractivity contribution in [3.8, 4) is 5.75 Å². The van der Waals surface area contributed by atoms with Gasteiger partial charge in [-0.05, 0) is 98.5 Å². The molecule has 2 aromatic rings. The molecule has 0 unspecified atom stereocenters. The number of anilines is 1. The van der Waals surface area contributed by atoms with Crippen molar-refractivity contribution in [2.45, 2.75) is 84.7 Å². The quantitative estimate of drug-likeness (QED) is 0.176. The number of imide groups is 1. The number of halogens is 6. The van der Waals surface area contributed by atoms with E-state index in [9.17, 15) is 41.0 Å². The zero-order chi connectivity index (χ0) is 33.7. The molecule has 0 spiro atoms. The Labute approximate surface area is 263 Å². The largest absolute Gasteiger partial charge is 0.507 e. The van der Waals surface area contributed by atoms with Crippen LogP contribution in [0.3, 0.4) is 0 Å². The molecule has 11 heteroatoms. The van der Waals surface area contributed by atoms with Gasteiger partial charge >= 0.3 is 12.4 Å². The maximum atomic E-state index is 13.8. The zero-order valence-electron chi connectivity index (χ0n) is 26.1. The van der Waals surface area contributed by atoms with E-state index in [4.69, 9.17) is 4.74 Å². The number of carbonyl (C=O) groups is 2. The van der Waals surface area contributed by atoms with Crippen molar-refractivity contribution in [3.63, 3.8) is 0 Å². The first-order valence-corrected chi connectivity index (χ1v) is 15.5. The van der Waals surface area contributed by atoms with Crippen molar-refractivity contribution in [1.29, 1.82) is 0 Å². The highest BCUT2D eigenvalue weighted by Crippen LogP contribution is 2.52. The van der Waals surface area contributed by atoms with Crippen molar-refractivity contribution < 1.29 is 45.8 Å². The molecular formula is C35H37F6NO4. The highest BCUT2D eigenvalue weighted by molar-refractivity contribution is 6.22. The average Bonchev–Trinajstić information content (AvgIpc) is 3.51. The van der Waals surface area contributed by atoms with E-state index in [1.54, 1.807) is 0 Å². The molecule has 0 radical (unpaired) electrons. The molecule has 0 saturated carbocycles. The summed E-state index contributed by atoms with van der Waals surface area (Å²) >= 11 is 0. The van der Waals surface area contributed by atoms with Gasteiger partial charge in [-0.15, -0.1) is 0 Å². The summed E-state index contributed by atoms with van der Waals surface area (Å²) < 4.78 is 87.9. The lowest BCUT2D eigenvalue weighted by molar-refractivity contribution is -0.143. The van der Waals surface area contributed by atoms with E-state index in [1.165, 1.54) is 0 Å². The molecule has 5 rings (SSSR count). The van der Waals surface area contributed by atoms with Gasteiger partial charge in [-0.2, -0.15) is 26.3 Å². The normalized spacial score (nSPS) is 23.8. The number of carbonyl (C=O) groups excluding carboxylic acids is 2. The number of rotatable bonds is 8. The molecule has 2 aliphatic heterocycles. The molecule has 2 saturated heterocycles. The lowest BCUT2D eigenvalue weighted by Gasteiger charge is -2.32. The standard InChI is InChI=1S/C35H37F6NO4/c1-5-7-22-13-26-30(33(45)42(32(26)44)25-15-23(34(36,37)38)14-24(16-25)35(39,40)41)27-17-46-28(29(22)27)9-8-20(6-2)12-21-10-18(3)31(43)19(4)11-21/h10-12,14-16,26-28,30,43H,5-9,13,17H2,1-4H3/b20-12+/t26-,27+,28-,30-/m1/s1. The average molecular weight is 650 g/mol. The number of hydrogen-bond donors (Lipinski definition) is 1. The number of alkyl halides is 6. The highest BCUT2D eigenvalue weighted by atomic mass is 19.4. The molecule has 2 aromatic carbocycles. The summed E-state index contributed by atoms with van der Waals surface area (Å²) in [5, 5.41) is 10.1. The van der Waals surface area contributed by atoms with E-state index in [1.807, 2.05) is 39.8 Å². The number of fused-ring (bicyclic) bond motifs is 3. The van der Waals surface area contributed by atoms with Crippen molar-refractivity contribution in [3.05, 3.63) is 74.9 Å². The van der Waals surface area contributed by atoms with Crippen LogP contribution in [0.2, 0.25) is 0 Å². The number of benzene rings is 2. The van der Waals surface area contributed by atoms with Crippen molar-refractivity contribution >= 4 is 23.6 Å². The molecule has 1 aliphatic carbocycles. The van der Waals surface area contributed by atoms with Gasteiger partial charge in [-0.25, -0.2) is 4.90 Å². The van der Waals surface area contributed by atoms with Crippen LogP contribution in [0.4, 0.5) is 32.0 Å². The Kier molecular flexibility index (Phi) is 9.20. The number of phenolic OH excluding ortho intramolecular Hbond substituents is 1. The number of ether oxygens (including phenoxy) is 1. The van der Waals surface area contributed by atoms with Crippen LogP contribution in [0.15, 0.2) is 47.1 Å². The summed E-state index contributed by atoms with van der Waals surface area (Å²) in [6, 6.07) is 4.69. The second-order valence-corrected chi connectivity index (χ2v) is 12.5. The molecule has 0 aromatic heterocycles. The van der Waals surface area contributed by atoms with Gasteiger partial charge in [-0.1, -0.05) is 37.5 Å². The number of phenols is 1. The Morgan fingerprint density at radius 1 is 0.935 bits per heavy atom. The predicted molar refractivity (Wildman–Crippen MR) is 161 cm³/mol. The monoisotopic (exact) mass is 649 g/mol. The smallest absolute Gasteiger partial charge is 0.416 e. The second-order valence-electron chi connectivity index (χ2n) is 12.5. The lowest BCUT2D eigenvalue weighted by atomic mass is 9.68. The Bertz CT molecular complexity index is 1550. The first-order chi connectivity index (χ1) is 21.5. The van der Waals surface area contributed by atoms with Crippen LogP contribution in [-0.2, 0) is 26.7 Å². The molecule has 2 fully saturated rings. The van der Waals surface area contributed by atoms with Crippen LogP contribution >= 0.6 is 0 Å². The Morgan fingerprint density at radius 2 is 1.54 bits per heavy atom. The third-order valence-corrected chi connectivity index (χ3v) is 9.46. The molecule has 3 aliphatic rings. The second kappa shape index (κ2) is 12.5. The molecule has 2 heterocycles. The van der Waals surface area contributed by atoms with Gasteiger partial charge in [-0.3, -0.25) is 9.59 Å². The van der Waals surface area contributed by atoms with E-state index in [0.29, 0.717) is 36.3 Å².